The number of allylic oxidation sites excluding steroid dienone is 17. The van der Waals surface area contributed by atoms with Gasteiger partial charge in [-0.25, -0.2) is 0 Å². The molecule has 0 heterocycles. The lowest BCUT2D eigenvalue weighted by atomic mass is 9.88. The molecule has 2 aromatic rings. The molecule has 0 aliphatic carbocycles. The molecule has 1 nitrogen and oxygen atoms in total. The third-order valence-electron chi connectivity index (χ3n) is 8.43. The second-order valence-electron chi connectivity index (χ2n) is 12.7. The van der Waals surface area contributed by atoms with Crippen LogP contribution in [0.4, 0.5) is 0 Å². The van der Waals surface area contributed by atoms with Crippen molar-refractivity contribution in [2.24, 2.45) is 5.92 Å². The fourth-order valence-electron chi connectivity index (χ4n) is 5.35. The fraction of sp³-hybridized carbons (Fsp3) is 0.346. The molecule has 0 aliphatic rings. The molecule has 0 bridgehead atoms. The van der Waals surface area contributed by atoms with E-state index in [2.05, 4.69) is 159 Å². The van der Waals surface area contributed by atoms with E-state index in [-0.39, 0.29) is 5.60 Å². The van der Waals surface area contributed by atoms with Crippen molar-refractivity contribution in [3.63, 3.8) is 0 Å². The van der Waals surface area contributed by atoms with E-state index in [1.54, 1.807) is 6.92 Å². The van der Waals surface area contributed by atoms with Crippen LogP contribution in [0.3, 0.4) is 0 Å². The van der Waals surface area contributed by atoms with Gasteiger partial charge in [0, 0.05) is 0 Å². The van der Waals surface area contributed by atoms with Gasteiger partial charge in [0.25, 0.3) is 0 Å². The Balaban J connectivity index is 0. The Labute approximate surface area is 327 Å². The van der Waals surface area contributed by atoms with Crippen molar-refractivity contribution in [3.05, 3.63) is 174 Å². The molecule has 53 heavy (non-hydrogen) atoms. The van der Waals surface area contributed by atoms with Crippen molar-refractivity contribution < 1.29 is 4.74 Å². The Morgan fingerprint density at radius 3 is 1.75 bits per heavy atom. The lowest BCUT2D eigenvalue weighted by Crippen LogP contribution is -2.32. The lowest BCUT2D eigenvalue weighted by molar-refractivity contribution is -0.0131. The van der Waals surface area contributed by atoms with Gasteiger partial charge in [-0.2, -0.15) is 0 Å². The Morgan fingerprint density at radius 2 is 1.30 bits per heavy atom. The van der Waals surface area contributed by atoms with Crippen LogP contribution in [0.15, 0.2) is 157 Å². The highest BCUT2D eigenvalue weighted by molar-refractivity contribution is 5.79. The summed E-state index contributed by atoms with van der Waals surface area (Å²) in [7, 11) is 0. The SMILES string of the molecule is C#CC.C=C/C(=C\C)c1ccc(C(/C=C(C)/C(/C=C\C)=C/C(=C)C(/C=C(\C)OC(C)(C)C(C)CCC)=C/C(=C)c2ccccc2)=C/C)cc1.CC.CC. The summed E-state index contributed by atoms with van der Waals surface area (Å²) in [6.07, 6.45) is 25.8. The molecular formula is C52H72O. The second-order valence-corrected chi connectivity index (χ2v) is 12.7. The number of hydrogen-bond donors (Lipinski definition) is 0. The third-order valence-corrected chi connectivity index (χ3v) is 8.43. The van der Waals surface area contributed by atoms with Gasteiger partial charge in [-0.3, -0.25) is 0 Å². The van der Waals surface area contributed by atoms with Gasteiger partial charge < -0.3 is 4.74 Å². The first kappa shape index (κ1) is 50.3. The van der Waals surface area contributed by atoms with Gasteiger partial charge >= 0.3 is 0 Å². The monoisotopic (exact) mass is 713 g/mol. The summed E-state index contributed by atoms with van der Waals surface area (Å²) in [6, 6.07) is 18.9. The Morgan fingerprint density at radius 1 is 0.792 bits per heavy atom. The smallest absolute Gasteiger partial charge is 0.105 e. The maximum absolute atomic E-state index is 6.56. The van der Waals surface area contributed by atoms with Crippen molar-refractivity contribution in [3.8, 4) is 12.3 Å². The van der Waals surface area contributed by atoms with Crippen LogP contribution in [0.25, 0.3) is 16.7 Å². The summed E-state index contributed by atoms with van der Waals surface area (Å²) in [5.41, 5.74) is 10.4. The van der Waals surface area contributed by atoms with Crippen LogP contribution in [-0.4, -0.2) is 5.60 Å². The highest BCUT2D eigenvalue weighted by Gasteiger charge is 2.27. The zero-order valence-corrected chi connectivity index (χ0v) is 36.0. The molecule has 0 radical (unpaired) electrons. The molecule has 0 aromatic heterocycles. The number of hydrogen-bond acceptors (Lipinski definition) is 1. The second kappa shape index (κ2) is 28.7. The summed E-state index contributed by atoms with van der Waals surface area (Å²) < 4.78 is 6.56. The molecule has 1 atom stereocenters. The highest BCUT2D eigenvalue weighted by atomic mass is 16.5. The minimum atomic E-state index is -0.286. The Kier molecular flexibility index (Phi) is 27.3. The average Bonchev–Trinajstić information content (AvgIpc) is 3.16. The first-order valence-electron chi connectivity index (χ1n) is 19.3. The lowest BCUT2D eigenvalue weighted by Gasteiger charge is -2.33. The molecule has 0 saturated heterocycles. The third kappa shape index (κ3) is 18.5. The molecule has 0 fully saturated rings. The van der Waals surface area contributed by atoms with Crippen molar-refractivity contribution in [1.29, 1.82) is 0 Å². The summed E-state index contributed by atoms with van der Waals surface area (Å²) in [4.78, 5) is 0. The van der Waals surface area contributed by atoms with Crippen LogP contribution in [0.1, 0.15) is 126 Å². The molecule has 2 aromatic carbocycles. The largest absolute Gasteiger partial charge is 0.492 e. The predicted molar refractivity (Wildman–Crippen MR) is 243 cm³/mol. The van der Waals surface area contributed by atoms with Gasteiger partial charge in [-0.1, -0.05) is 159 Å². The van der Waals surface area contributed by atoms with Gasteiger partial charge in [0.2, 0.25) is 0 Å². The van der Waals surface area contributed by atoms with Gasteiger partial charge in [0.05, 0.1) is 5.76 Å². The maximum Gasteiger partial charge on any atom is 0.105 e. The zero-order chi connectivity index (χ0) is 41.0. The Hall–Kier alpha value is -4.80. The van der Waals surface area contributed by atoms with Crippen molar-refractivity contribution in [2.75, 3.05) is 0 Å². The van der Waals surface area contributed by atoms with E-state index >= 15 is 0 Å². The number of terminal acetylenes is 1. The van der Waals surface area contributed by atoms with E-state index in [0.717, 1.165) is 68.7 Å². The molecular weight excluding hydrogens is 641 g/mol. The van der Waals surface area contributed by atoms with Gasteiger partial charge in [-0.05, 0) is 142 Å². The summed E-state index contributed by atoms with van der Waals surface area (Å²) in [5, 5.41) is 0. The summed E-state index contributed by atoms with van der Waals surface area (Å²) >= 11 is 0. The molecule has 286 valence electrons. The first-order chi connectivity index (χ1) is 25.3. The molecule has 0 aliphatic heterocycles. The quantitative estimate of drug-likeness (QED) is 0.0956. The molecule has 0 N–H and O–H groups in total. The van der Waals surface area contributed by atoms with Gasteiger partial charge in [0.1, 0.15) is 5.60 Å². The first-order valence-corrected chi connectivity index (χ1v) is 19.3. The van der Waals surface area contributed by atoms with Crippen molar-refractivity contribution in [1.82, 2.24) is 0 Å². The van der Waals surface area contributed by atoms with Gasteiger partial charge in [-0.15, -0.1) is 12.3 Å². The number of rotatable bonds is 16. The van der Waals surface area contributed by atoms with Crippen LogP contribution in [0.2, 0.25) is 0 Å². The summed E-state index contributed by atoms with van der Waals surface area (Å²) in [6.45, 7) is 41.7. The van der Waals surface area contributed by atoms with E-state index in [9.17, 15) is 0 Å². The summed E-state index contributed by atoms with van der Waals surface area (Å²) in [5.74, 6) is 3.53. The van der Waals surface area contributed by atoms with Gasteiger partial charge in [0.15, 0.2) is 0 Å². The highest BCUT2D eigenvalue weighted by Crippen LogP contribution is 2.30. The Bertz CT molecular complexity index is 1650. The minimum Gasteiger partial charge on any atom is -0.492 e. The molecule has 2 rings (SSSR count). The van der Waals surface area contributed by atoms with Crippen LogP contribution in [-0.2, 0) is 4.74 Å². The van der Waals surface area contributed by atoms with Crippen molar-refractivity contribution >= 4 is 16.7 Å². The molecule has 0 saturated carbocycles. The van der Waals surface area contributed by atoms with E-state index < -0.39 is 0 Å². The van der Waals surface area contributed by atoms with E-state index in [0.29, 0.717) is 5.92 Å². The van der Waals surface area contributed by atoms with Crippen molar-refractivity contribution in [2.45, 2.75) is 115 Å². The fourth-order valence-corrected chi connectivity index (χ4v) is 5.35. The van der Waals surface area contributed by atoms with Crippen LogP contribution >= 0.6 is 0 Å². The molecule has 0 amide bonds. The molecule has 1 unspecified atom stereocenters. The standard InChI is InChI=1S/C45H56O.C3H4.2C2H6/c1-13-21-36(9)45(11,12)46-37(10)32-44(31-33(6)40-23-19-18-20-24-40)35(8)30-43(22-14-2)34(7)29-39(17-5)42-27-25-41(26-28-42)38(15-3)16-4;1-3-2;2*1-2/h14-20,22-32,36H,3,6,8,13,21H2,1-2,4-5,7,9-12H3;1H,2H3;2*1-2H3/b22-14-,34-29+,37-32+,38-16+,39-17+,43-30+,44-31+;;;. The number of ether oxygens (including phenoxy) is 1. The van der Waals surface area contributed by atoms with E-state index in [4.69, 9.17) is 4.74 Å². The molecule has 0 spiro atoms. The van der Waals surface area contributed by atoms with Crippen LogP contribution < -0.4 is 0 Å². The zero-order valence-electron chi connectivity index (χ0n) is 36.0. The average molecular weight is 713 g/mol. The minimum absolute atomic E-state index is 0.286. The molecule has 1 heteroatoms. The topological polar surface area (TPSA) is 9.23 Å². The van der Waals surface area contributed by atoms with E-state index in [1.165, 1.54) is 5.56 Å². The predicted octanol–water partition coefficient (Wildman–Crippen LogP) is 16.2. The number of benzene rings is 2. The van der Waals surface area contributed by atoms with Crippen LogP contribution in [0.5, 0.6) is 0 Å². The van der Waals surface area contributed by atoms with Crippen LogP contribution in [0, 0.1) is 18.3 Å². The normalized spacial score (nSPS) is 13.2. The van der Waals surface area contributed by atoms with E-state index in [1.807, 2.05) is 72.7 Å². The maximum atomic E-state index is 6.56.